The number of rotatable bonds is 5. The molecule has 0 aliphatic rings. The van der Waals surface area contributed by atoms with Gasteiger partial charge in [-0.3, -0.25) is 10.2 Å². The van der Waals surface area contributed by atoms with E-state index in [0.29, 0.717) is 5.69 Å². The minimum absolute atomic E-state index is 0.00302. The fraction of sp³-hybridized carbons (Fsp3) is 0.0909. The van der Waals surface area contributed by atoms with E-state index < -0.39 is 5.56 Å². The van der Waals surface area contributed by atoms with E-state index >= 15 is 0 Å². The molecule has 2 heterocycles. The molecule has 0 amide bonds. The van der Waals surface area contributed by atoms with Gasteiger partial charge in [-0.1, -0.05) is 53.6 Å². The number of hydrogen-bond acceptors (Lipinski definition) is 5. The third-order valence-electron chi connectivity index (χ3n) is 4.58. The van der Waals surface area contributed by atoms with Gasteiger partial charge in [0.1, 0.15) is 16.4 Å². The summed E-state index contributed by atoms with van der Waals surface area (Å²) in [6.45, 7) is 4.12. The topological polar surface area (TPSA) is 88.0 Å². The number of anilines is 1. The van der Waals surface area contributed by atoms with Gasteiger partial charge < -0.3 is 0 Å². The predicted molar refractivity (Wildman–Crippen MR) is 120 cm³/mol. The Labute approximate surface area is 178 Å². The van der Waals surface area contributed by atoms with Crippen LogP contribution in [0.5, 0.6) is 0 Å². The number of nitrogens with one attached hydrogen (secondary N) is 2. The number of hydrazone groups is 1. The molecule has 2 N–H and O–H groups in total. The molecular weight excluding hydrogens is 400 g/mol. The lowest BCUT2D eigenvalue weighted by atomic mass is 10.0. The van der Waals surface area contributed by atoms with Gasteiger partial charge in [0, 0.05) is 17.3 Å². The zero-order valence-electron chi connectivity index (χ0n) is 16.4. The molecule has 2 aromatic carbocycles. The van der Waals surface area contributed by atoms with Crippen LogP contribution in [0.3, 0.4) is 0 Å². The highest BCUT2D eigenvalue weighted by molar-refractivity contribution is 6.32. The molecule has 0 fully saturated rings. The van der Waals surface area contributed by atoms with Crippen LogP contribution in [0.2, 0.25) is 5.02 Å². The highest BCUT2D eigenvalue weighted by atomic mass is 35.5. The molecule has 0 unspecified atom stereocenters. The maximum atomic E-state index is 11.6. The first-order valence-electron chi connectivity index (χ1n) is 9.28. The van der Waals surface area contributed by atoms with Crippen molar-refractivity contribution >= 4 is 23.5 Å². The number of aromatic amines is 1. The summed E-state index contributed by atoms with van der Waals surface area (Å²) >= 11 is 5.99. The Hall–Kier alpha value is -3.71. The van der Waals surface area contributed by atoms with Crippen LogP contribution in [-0.2, 0) is 0 Å². The van der Waals surface area contributed by atoms with E-state index in [4.69, 9.17) is 16.7 Å². The fourth-order valence-corrected chi connectivity index (χ4v) is 3.25. The number of H-pyrrole nitrogens is 1. The van der Waals surface area contributed by atoms with Crippen molar-refractivity contribution in [1.29, 1.82) is 0 Å². The summed E-state index contributed by atoms with van der Waals surface area (Å²) in [6, 6.07) is 16.1. The predicted octanol–water partition coefficient (Wildman–Crippen LogP) is 4.34. The largest absolute Gasteiger partial charge is 0.285 e. The van der Waals surface area contributed by atoms with Crippen molar-refractivity contribution in [2.24, 2.45) is 5.10 Å². The van der Waals surface area contributed by atoms with Crippen molar-refractivity contribution in [3.63, 3.8) is 0 Å². The minimum atomic E-state index is -0.482. The number of aryl methyl sites for hydroxylation is 2. The first-order valence-corrected chi connectivity index (χ1v) is 9.65. The van der Waals surface area contributed by atoms with Crippen molar-refractivity contribution in [2.75, 3.05) is 5.43 Å². The van der Waals surface area contributed by atoms with Crippen molar-refractivity contribution < 1.29 is 0 Å². The monoisotopic (exact) mass is 418 g/mol. The summed E-state index contributed by atoms with van der Waals surface area (Å²) < 4.78 is 1.82. The number of para-hydroxylation sites is 1. The molecule has 0 saturated heterocycles. The summed E-state index contributed by atoms with van der Waals surface area (Å²) in [6.07, 6.45) is 4.96. The Morgan fingerprint density at radius 1 is 1.17 bits per heavy atom. The van der Waals surface area contributed by atoms with E-state index in [0.717, 1.165) is 28.1 Å². The minimum Gasteiger partial charge on any atom is -0.275 e. The Morgan fingerprint density at radius 3 is 2.73 bits per heavy atom. The molecule has 4 rings (SSSR count). The number of benzene rings is 2. The normalized spacial score (nSPS) is 11.2. The van der Waals surface area contributed by atoms with Gasteiger partial charge in [0.15, 0.2) is 0 Å². The van der Waals surface area contributed by atoms with Gasteiger partial charge in [-0.25, -0.2) is 9.78 Å². The van der Waals surface area contributed by atoms with E-state index in [1.165, 1.54) is 11.8 Å². The van der Waals surface area contributed by atoms with Crippen LogP contribution >= 0.6 is 11.6 Å². The zero-order valence-corrected chi connectivity index (χ0v) is 17.2. The molecule has 0 atom stereocenters. The summed E-state index contributed by atoms with van der Waals surface area (Å²) in [5, 5.41) is 15.0. The van der Waals surface area contributed by atoms with Crippen LogP contribution in [0.25, 0.3) is 16.9 Å². The lowest BCUT2D eigenvalue weighted by molar-refractivity contribution is 0.884. The first kappa shape index (κ1) is 19.6. The van der Waals surface area contributed by atoms with Crippen LogP contribution < -0.4 is 11.0 Å². The number of aromatic nitrogens is 4. The van der Waals surface area contributed by atoms with E-state index in [-0.39, 0.29) is 5.02 Å². The van der Waals surface area contributed by atoms with Crippen molar-refractivity contribution in [2.45, 2.75) is 13.8 Å². The molecule has 0 spiro atoms. The highest BCUT2D eigenvalue weighted by Gasteiger charge is 2.13. The molecule has 0 aliphatic carbocycles. The molecule has 0 saturated carbocycles. The third-order valence-corrected chi connectivity index (χ3v) is 4.96. The lowest BCUT2D eigenvalue weighted by Gasteiger charge is -2.05. The highest BCUT2D eigenvalue weighted by Crippen LogP contribution is 2.27. The second-order valence-electron chi connectivity index (χ2n) is 6.83. The van der Waals surface area contributed by atoms with E-state index in [2.05, 4.69) is 52.8 Å². The van der Waals surface area contributed by atoms with Gasteiger partial charge in [0.25, 0.3) is 5.56 Å². The number of hydrogen-bond donors (Lipinski definition) is 2. The molecule has 8 heteroatoms. The Bertz CT molecular complexity index is 1280. The summed E-state index contributed by atoms with van der Waals surface area (Å²) in [7, 11) is 0. The van der Waals surface area contributed by atoms with Crippen LogP contribution in [0.1, 0.15) is 16.7 Å². The van der Waals surface area contributed by atoms with Crippen LogP contribution in [0, 0.1) is 13.8 Å². The first-order chi connectivity index (χ1) is 14.5. The Morgan fingerprint density at radius 2 is 1.97 bits per heavy atom. The molecule has 4 aromatic rings. The van der Waals surface area contributed by atoms with Gasteiger partial charge in [0.05, 0.1) is 18.1 Å². The maximum absolute atomic E-state index is 11.6. The van der Waals surface area contributed by atoms with E-state index in [1.54, 1.807) is 6.21 Å². The zero-order chi connectivity index (χ0) is 21.1. The van der Waals surface area contributed by atoms with Crippen LogP contribution in [0.15, 0.2) is 70.8 Å². The van der Waals surface area contributed by atoms with Gasteiger partial charge in [-0.05, 0) is 31.5 Å². The lowest BCUT2D eigenvalue weighted by Crippen LogP contribution is -2.10. The van der Waals surface area contributed by atoms with Crippen molar-refractivity contribution in [3.05, 3.63) is 93.0 Å². The smallest absolute Gasteiger partial charge is 0.275 e. The maximum Gasteiger partial charge on any atom is 0.285 e. The quantitative estimate of drug-likeness (QED) is 0.373. The molecule has 0 bridgehead atoms. The summed E-state index contributed by atoms with van der Waals surface area (Å²) in [5.74, 6) is 0. The molecular formula is C22H19ClN6O. The van der Waals surface area contributed by atoms with Crippen molar-refractivity contribution in [3.8, 4) is 16.9 Å². The average Bonchev–Trinajstić information content (AvgIpc) is 3.16. The van der Waals surface area contributed by atoms with Gasteiger partial charge >= 0.3 is 0 Å². The standard InChI is InChI=1S/C22H19ClN6O/c1-14-8-9-18(15(2)10-14)21-16(13-29(28-21)17-6-4-3-5-7-17)11-24-26-19-12-25-27-22(30)20(19)23/h3-13H,1-2H3,(H2,26,27,30)/b24-11-. The second kappa shape index (κ2) is 8.34. The number of nitrogens with zero attached hydrogens (tertiary/aromatic N) is 4. The Balaban J connectivity index is 1.74. The molecule has 30 heavy (non-hydrogen) atoms. The van der Waals surface area contributed by atoms with Crippen LogP contribution in [-0.4, -0.2) is 26.2 Å². The molecule has 0 aliphatic heterocycles. The van der Waals surface area contributed by atoms with Gasteiger partial charge in [-0.2, -0.15) is 15.3 Å². The van der Waals surface area contributed by atoms with Crippen LogP contribution in [0.4, 0.5) is 5.69 Å². The number of halogens is 1. The van der Waals surface area contributed by atoms with Gasteiger partial charge in [0.2, 0.25) is 0 Å². The fourth-order valence-electron chi connectivity index (χ4n) is 3.12. The molecule has 2 aromatic heterocycles. The Kier molecular flexibility index (Phi) is 5.45. The average molecular weight is 419 g/mol. The van der Waals surface area contributed by atoms with E-state index in [9.17, 15) is 4.79 Å². The van der Waals surface area contributed by atoms with Crippen molar-refractivity contribution in [1.82, 2.24) is 20.0 Å². The molecule has 0 radical (unpaired) electrons. The second-order valence-corrected chi connectivity index (χ2v) is 7.21. The molecule has 7 nitrogen and oxygen atoms in total. The molecule has 150 valence electrons. The van der Waals surface area contributed by atoms with Gasteiger partial charge in [-0.15, -0.1) is 0 Å². The summed E-state index contributed by atoms with van der Waals surface area (Å²) in [4.78, 5) is 11.6. The SMILES string of the molecule is Cc1ccc(-c2nn(-c3ccccc3)cc2/C=N\Nc2cn[nH]c(=O)c2Cl)c(C)c1. The summed E-state index contributed by atoms with van der Waals surface area (Å²) in [5.41, 5.74) is 8.50. The third kappa shape index (κ3) is 4.01. The van der Waals surface area contributed by atoms with E-state index in [1.807, 2.05) is 41.2 Å².